The number of para-hydroxylation sites is 1. The van der Waals surface area contributed by atoms with Crippen molar-refractivity contribution in [2.24, 2.45) is 5.73 Å². The van der Waals surface area contributed by atoms with Gasteiger partial charge in [-0.25, -0.2) is 15.1 Å². The van der Waals surface area contributed by atoms with Gasteiger partial charge in [-0.1, -0.05) is 12.1 Å². The van der Waals surface area contributed by atoms with E-state index in [0.717, 1.165) is 0 Å². The SMILES string of the molecule is NC(=O)CCCCOc1ccccc1-c1nc(C(F)(F)F)cn1[N+](=O)[O-]. The number of nitrogens with two attached hydrogens (primary N) is 1. The van der Waals surface area contributed by atoms with E-state index in [1.807, 2.05) is 0 Å². The maximum atomic E-state index is 12.8. The van der Waals surface area contributed by atoms with E-state index in [1.165, 1.54) is 18.2 Å². The smallest absolute Gasteiger partial charge is 0.435 e. The van der Waals surface area contributed by atoms with Crippen LogP contribution in [0.4, 0.5) is 13.2 Å². The molecule has 0 saturated heterocycles. The molecule has 2 N–H and O–H groups in total. The van der Waals surface area contributed by atoms with E-state index >= 15 is 0 Å². The van der Waals surface area contributed by atoms with E-state index in [4.69, 9.17) is 10.5 Å². The summed E-state index contributed by atoms with van der Waals surface area (Å²) in [4.78, 5) is 25.1. The van der Waals surface area contributed by atoms with Crippen LogP contribution in [0.15, 0.2) is 30.5 Å². The summed E-state index contributed by atoms with van der Waals surface area (Å²) >= 11 is 0. The highest BCUT2D eigenvalue weighted by Crippen LogP contribution is 2.34. The van der Waals surface area contributed by atoms with Gasteiger partial charge in [0.05, 0.1) is 12.2 Å². The molecule has 1 heterocycles. The summed E-state index contributed by atoms with van der Waals surface area (Å²) < 4.78 is 44.2. The average molecular weight is 372 g/mol. The highest BCUT2D eigenvalue weighted by molar-refractivity contribution is 5.73. The van der Waals surface area contributed by atoms with Crippen molar-refractivity contribution in [1.29, 1.82) is 0 Å². The number of ether oxygens (including phenoxy) is 1. The monoisotopic (exact) mass is 372 g/mol. The van der Waals surface area contributed by atoms with Crippen LogP contribution in [0.5, 0.6) is 5.75 Å². The number of unbranched alkanes of at least 4 members (excludes halogenated alkanes) is 1. The molecule has 0 saturated carbocycles. The fourth-order valence-corrected chi connectivity index (χ4v) is 2.18. The van der Waals surface area contributed by atoms with Crippen LogP contribution in [-0.4, -0.2) is 27.2 Å². The second-order valence-corrected chi connectivity index (χ2v) is 5.30. The number of imidazole rings is 1. The van der Waals surface area contributed by atoms with Crippen molar-refractivity contribution in [3.63, 3.8) is 0 Å². The van der Waals surface area contributed by atoms with Crippen LogP contribution in [-0.2, 0) is 11.0 Å². The van der Waals surface area contributed by atoms with Crippen molar-refractivity contribution in [3.8, 4) is 17.1 Å². The van der Waals surface area contributed by atoms with E-state index in [0.29, 0.717) is 19.0 Å². The second kappa shape index (κ2) is 7.85. The molecule has 0 aliphatic heterocycles. The van der Waals surface area contributed by atoms with Gasteiger partial charge in [-0.05, 0) is 29.7 Å². The number of carbonyl (C=O) groups excluding carboxylic acids is 1. The molecule has 0 radical (unpaired) electrons. The number of nitro groups is 1. The Kier molecular flexibility index (Phi) is 5.80. The number of primary amides is 1. The van der Waals surface area contributed by atoms with E-state index < -0.39 is 28.6 Å². The van der Waals surface area contributed by atoms with Crippen molar-refractivity contribution in [1.82, 2.24) is 9.66 Å². The number of nitrogens with zero attached hydrogens (tertiary/aromatic N) is 3. The number of hydrogen-bond donors (Lipinski definition) is 1. The van der Waals surface area contributed by atoms with Crippen molar-refractivity contribution in [3.05, 3.63) is 46.3 Å². The number of benzene rings is 1. The average Bonchev–Trinajstić information content (AvgIpc) is 3.00. The predicted molar refractivity (Wildman–Crippen MR) is 83.6 cm³/mol. The maximum Gasteiger partial charge on any atom is 0.435 e. The lowest BCUT2D eigenvalue weighted by Crippen LogP contribution is -2.11. The van der Waals surface area contributed by atoms with Crippen molar-refractivity contribution in [2.45, 2.75) is 25.4 Å². The van der Waals surface area contributed by atoms with Crippen LogP contribution in [0, 0.1) is 10.1 Å². The van der Waals surface area contributed by atoms with Crippen LogP contribution in [0.25, 0.3) is 11.4 Å². The van der Waals surface area contributed by atoms with E-state index in [9.17, 15) is 28.1 Å². The largest absolute Gasteiger partial charge is 0.493 e. The van der Waals surface area contributed by atoms with Gasteiger partial charge in [-0.15, -0.1) is 0 Å². The molecule has 0 aliphatic rings. The Labute approximate surface area is 145 Å². The molecular formula is C15H15F3N4O4. The molecule has 0 spiro atoms. The third-order valence-electron chi connectivity index (χ3n) is 3.36. The number of carbonyl (C=O) groups is 1. The number of amides is 1. The lowest BCUT2D eigenvalue weighted by atomic mass is 10.2. The first-order valence-electron chi connectivity index (χ1n) is 7.52. The quantitative estimate of drug-likeness (QED) is 0.435. The first-order valence-corrected chi connectivity index (χ1v) is 7.52. The molecule has 1 aromatic carbocycles. The molecule has 140 valence electrons. The molecular weight excluding hydrogens is 357 g/mol. The summed E-state index contributed by atoms with van der Waals surface area (Å²) in [5.74, 6) is -0.790. The standard InChI is InChI=1S/C15H15F3N4O4/c16-15(17,18)12-9-21(22(24)25)14(20-12)10-5-1-2-6-11(10)26-8-4-3-7-13(19)23/h1-2,5-6,9H,3-4,7-8H2,(H2,19,23). The summed E-state index contributed by atoms with van der Waals surface area (Å²) in [6.07, 6.45) is -3.35. The Bertz CT molecular complexity index is 804. The molecule has 0 aliphatic carbocycles. The second-order valence-electron chi connectivity index (χ2n) is 5.30. The summed E-state index contributed by atoms with van der Waals surface area (Å²) in [6.45, 7) is 0.162. The van der Waals surface area contributed by atoms with E-state index in [2.05, 4.69) is 4.98 Å². The van der Waals surface area contributed by atoms with Crippen LogP contribution < -0.4 is 10.5 Å². The fraction of sp³-hybridized carbons (Fsp3) is 0.333. The summed E-state index contributed by atoms with van der Waals surface area (Å²) in [5, 5.41) is 10.1. The molecule has 0 fully saturated rings. The zero-order chi connectivity index (χ0) is 19.3. The van der Waals surface area contributed by atoms with Gasteiger partial charge in [0.1, 0.15) is 11.9 Å². The molecule has 11 heteroatoms. The van der Waals surface area contributed by atoms with E-state index in [-0.39, 0.29) is 29.0 Å². The molecule has 2 rings (SSSR count). The topological polar surface area (TPSA) is 113 Å². The van der Waals surface area contributed by atoms with Gasteiger partial charge in [-0.3, -0.25) is 4.79 Å². The Morgan fingerprint density at radius 3 is 2.62 bits per heavy atom. The van der Waals surface area contributed by atoms with Gasteiger partial charge < -0.3 is 10.5 Å². The Morgan fingerprint density at radius 2 is 2.00 bits per heavy atom. The zero-order valence-corrected chi connectivity index (χ0v) is 13.4. The highest BCUT2D eigenvalue weighted by Gasteiger charge is 2.37. The van der Waals surface area contributed by atoms with Crippen LogP contribution in [0.1, 0.15) is 25.0 Å². The molecule has 2 aromatic rings. The Hall–Kier alpha value is -3.11. The number of alkyl halides is 3. The Balaban J connectivity index is 2.27. The number of hydrogen-bond acceptors (Lipinski definition) is 5. The summed E-state index contributed by atoms with van der Waals surface area (Å²) in [6, 6.07) is 5.92. The van der Waals surface area contributed by atoms with Crippen LogP contribution in [0.2, 0.25) is 0 Å². The number of aromatic nitrogens is 2. The maximum absolute atomic E-state index is 12.8. The lowest BCUT2D eigenvalue weighted by Gasteiger charge is -2.10. The number of rotatable bonds is 8. The third kappa shape index (κ3) is 4.71. The van der Waals surface area contributed by atoms with Gasteiger partial charge in [-0.2, -0.15) is 13.2 Å². The van der Waals surface area contributed by atoms with E-state index in [1.54, 1.807) is 6.07 Å². The highest BCUT2D eigenvalue weighted by atomic mass is 19.4. The molecule has 1 amide bonds. The Morgan fingerprint density at radius 1 is 1.31 bits per heavy atom. The molecule has 1 aromatic heterocycles. The lowest BCUT2D eigenvalue weighted by molar-refractivity contribution is -0.540. The van der Waals surface area contributed by atoms with Crippen LogP contribution in [0.3, 0.4) is 0 Å². The minimum absolute atomic E-state index is 0.0506. The van der Waals surface area contributed by atoms with Gasteiger partial charge in [0.15, 0.2) is 10.7 Å². The van der Waals surface area contributed by atoms with Gasteiger partial charge in [0, 0.05) is 6.42 Å². The minimum Gasteiger partial charge on any atom is -0.493 e. The number of halogens is 3. The summed E-state index contributed by atoms with van der Waals surface area (Å²) in [5.41, 5.74) is 3.70. The van der Waals surface area contributed by atoms with Gasteiger partial charge >= 0.3 is 6.18 Å². The molecule has 26 heavy (non-hydrogen) atoms. The molecule has 0 atom stereocenters. The first-order chi connectivity index (χ1) is 12.2. The van der Waals surface area contributed by atoms with Gasteiger partial charge in [0.25, 0.3) is 0 Å². The third-order valence-corrected chi connectivity index (χ3v) is 3.36. The van der Waals surface area contributed by atoms with Crippen LogP contribution >= 0.6 is 0 Å². The minimum atomic E-state index is -4.82. The first kappa shape index (κ1) is 19.2. The van der Waals surface area contributed by atoms with Crippen molar-refractivity contribution < 1.29 is 27.7 Å². The fourth-order valence-electron chi connectivity index (χ4n) is 2.18. The zero-order valence-electron chi connectivity index (χ0n) is 13.4. The van der Waals surface area contributed by atoms with Crippen molar-refractivity contribution in [2.75, 3.05) is 6.61 Å². The molecule has 0 unspecified atom stereocenters. The van der Waals surface area contributed by atoms with Crippen molar-refractivity contribution >= 4 is 5.91 Å². The predicted octanol–water partition coefficient (Wildman–Crippen LogP) is 2.64. The summed E-state index contributed by atoms with van der Waals surface area (Å²) in [7, 11) is 0. The normalized spacial score (nSPS) is 11.3. The van der Waals surface area contributed by atoms with Gasteiger partial charge in [0.2, 0.25) is 11.7 Å². The molecule has 8 nitrogen and oxygen atoms in total. The molecule has 0 bridgehead atoms.